The van der Waals surface area contributed by atoms with Gasteiger partial charge in [0.15, 0.2) is 0 Å². The zero-order valence-corrected chi connectivity index (χ0v) is 10.7. The molecule has 0 spiro atoms. The molecule has 0 aromatic carbocycles. The molecule has 1 saturated heterocycles. The monoisotopic (exact) mass is 250 g/mol. The first kappa shape index (κ1) is 12.0. The molecule has 90 valence electrons. The molecule has 2 heterocycles. The van der Waals surface area contributed by atoms with Crippen LogP contribution >= 0.6 is 11.3 Å². The molecule has 2 rings (SSSR count). The third kappa shape index (κ3) is 2.15. The number of thiophene rings is 1. The average Bonchev–Trinajstić information content (AvgIpc) is 2.87. The molecule has 0 bridgehead atoms. The van der Waals surface area contributed by atoms with Gasteiger partial charge in [0.05, 0.1) is 11.6 Å². The van der Waals surface area contributed by atoms with Crippen molar-refractivity contribution in [3.63, 3.8) is 0 Å². The fourth-order valence-electron chi connectivity index (χ4n) is 1.73. The van der Waals surface area contributed by atoms with E-state index in [1.807, 2.05) is 31.4 Å². The van der Waals surface area contributed by atoms with Crippen LogP contribution in [0.4, 0.5) is 0 Å². The van der Waals surface area contributed by atoms with E-state index in [0.29, 0.717) is 6.42 Å². The summed E-state index contributed by atoms with van der Waals surface area (Å²) in [5.74, 6) is -0.412. The molecule has 0 N–H and O–H groups in total. The van der Waals surface area contributed by atoms with E-state index in [9.17, 15) is 9.59 Å². The molecule has 1 aromatic heterocycles. The van der Waals surface area contributed by atoms with Crippen molar-refractivity contribution in [3.8, 4) is 0 Å². The molecule has 1 fully saturated rings. The van der Waals surface area contributed by atoms with Crippen LogP contribution in [0, 0.1) is 5.41 Å². The van der Waals surface area contributed by atoms with Gasteiger partial charge in [0.1, 0.15) is 0 Å². The number of imide groups is 1. The van der Waals surface area contributed by atoms with Crippen LogP contribution in [0.25, 0.3) is 0 Å². The quantitative estimate of drug-likeness (QED) is 0.610. The lowest BCUT2D eigenvalue weighted by molar-refractivity contribution is -0.141. The van der Waals surface area contributed by atoms with E-state index < -0.39 is 5.41 Å². The number of hydrazone groups is 1. The number of carbonyl (C=O) groups excluding carboxylic acids is 2. The van der Waals surface area contributed by atoms with Crippen LogP contribution in [0.2, 0.25) is 0 Å². The molecule has 2 amide bonds. The van der Waals surface area contributed by atoms with Gasteiger partial charge in [0.2, 0.25) is 0 Å². The van der Waals surface area contributed by atoms with E-state index in [1.54, 1.807) is 6.21 Å². The van der Waals surface area contributed by atoms with Crippen LogP contribution in [-0.2, 0) is 9.59 Å². The lowest BCUT2D eigenvalue weighted by atomic mass is 9.86. The molecule has 0 radical (unpaired) electrons. The highest BCUT2D eigenvalue weighted by atomic mass is 32.1. The second kappa shape index (κ2) is 4.41. The topological polar surface area (TPSA) is 49.7 Å². The zero-order chi connectivity index (χ0) is 12.5. The minimum atomic E-state index is -0.579. The number of amides is 2. The maximum atomic E-state index is 12.0. The Hall–Kier alpha value is -1.49. The molecule has 5 heteroatoms. The van der Waals surface area contributed by atoms with Crippen LogP contribution < -0.4 is 0 Å². The van der Waals surface area contributed by atoms with Crippen molar-refractivity contribution in [1.29, 1.82) is 0 Å². The Morgan fingerprint density at radius 3 is 2.88 bits per heavy atom. The first-order valence-electron chi connectivity index (χ1n) is 5.52. The van der Waals surface area contributed by atoms with Gasteiger partial charge in [0, 0.05) is 11.3 Å². The second-order valence-corrected chi connectivity index (χ2v) is 5.34. The Kier molecular flexibility index (Phi) is 3.11. The van der Waals surface area contributed by atoms with Crippen molar-refractivity contribution in [2.75, 3.05) is 0 Å². The second-order valence-electron chi connectivity index (χ2n) is 4.36. The van der Waals surface area contributed by atoms with Gasteiger partial charge in [-0.15, -0.1) is 11.3 Å². The summed E-state index contributed by atoms with van der Waals surface area (Å²) in [6.07, 6.45) is 2.47. The highest BCUT2D eigenvalue weighted by Crippen LogP contribution is 2.35. The SMILES string of the molecule is CCC1(C)CC(=O)N(/N=C/c2cccs2)C1=O. The summed E-state index contributed by atoms with van der Waals surface area (Å²) in [6.45, 7) is 3.73. The molecule has 0 aliphatic carbocycles. The van der Waals surface area contributed by atoms with E-state index in [-0.39, 0.29) is 18.2 Å². The van der Waals surface area contributed by atoms with E-state index >= 15 is 0 Å². The predicted octanol–water partition coefficient (Wildman–Crippen LogP) is 2.26. The molecule has 1 aliphatic heterocycles. The minimum Gasteiger partial charge on any atom is -0.272 e. The molecule has 1 aliphatic rings. The third-order valence-electron chi connectivity index (χ3n) is 3.11. The van der Waals surface area contributed by atoms with Crippen molar-refractivity contribution in [1.82, 2.24) is 5.01 Å². The summed E-state index contributed by atoms with van der Waals surface area (Å²) in [5.41, 5.74) is -0.579. The van der Waals surface area contributed by atoms with Gasteiger partial charge in [-0.25, -0.2) is 0 Å². The number of hydrogen-bond donors (Lipinski definition) is 0. The first-order valence-corrected chi connectivity index (χ1v) is 6.39. The normalized spacial score (nSPS) is 25.2. The van der Waals surface area contributed by atoms with Gasteiger partial charge in [-0.1, -0.05) is 19.9 Å². The van der Waals surface area contributed by atoms with Gasteiger partial charge < -0.3 is 0 Å². The van der Waals surface area contributed by atoms with Crippen LogP contribution in [0.3, 0.4) is 0 Å². The zero-order valence-electron chi connectivity index (χ0n) is 9.84. The van der Waals surface area contributed by atoms with E-state index in [4.69, 9.17) is 0 Å². The summed E-state index contributed by atoms with van der Waals surface area (Å²) in [6, 6.07) is 3.79. The minimum absolute atomic E-state index is 0.196. The van der Waals surface area contributed by atoms with Crippen LogP contribution in [0.15, 0.2) is 22.6 Å². The van der Waals surface area contributed by atoms with Crippen molar-refractivity contribution < 1.29 is 9.59 Å². The molecule has 1 aromatic rings. The van der Waals surface area contributed by atoms with E-state index in [2.05, 4.69) is 5.10 Å². The Labute approximate surface area is 104 Å². The Morgan fingerprint density at radius 2 is 2.35 bits per heavy atom. The summed E-state index contributed by atoms with van der Waals surface area (Å²) in [7, 11) is 0. The highest BCUT2D eigenvalue weighted by molar-refractivity contribution is 7.11. The third-order valence-corrected chi connectivity index (χ3v) is 3.92. The smallest absolute Gasteiger partial charge is 0.256 e. The highest BCUT2D eigenvalue weighted by Gasteiger charge is 2.47. The molecule has 17 heavy (non-hydrogen) atoms. The van der Waals surface area contributed by atoms with E-state index in [1.165, 1.54) is 11.3 Å². The largest absolute Gasteiger partial charge is 0.272 e. The molecule has 0 saturated carbocycles. The summed E-state index contributed by atoms with van der Waals surface area (Å²) < 4.78 is 0. The van der Waals surface area contributed by atoms with Gasteiger partial charge in [0.25, 0.3) is 11.8 Å². The number of nitrogens with zero attached hydrogens (tertiary/aromatic N) is 2. The Bertz CT molecular complexity index is 467. The lowest BCUT2D eigenvalue weighted by Gasteiger charge is -2.17. The predicted molar refractivity (Wildman–Crippen MR) is 66.8 cm³/mol. The Morgan fingerprint density at radius 1 is 1.59 bits per heavy atom. The average molecular weight is 250 g/mol. The Balaban J connectivity index is 2.17. The number of carbonyl (C=O) groups is 2. The maximum absolute atomic E-state index is 12.0. The standard InChI is InChI=1S/C12H14N2O2S/c1-3-12(2)7-10(15)14(11(12)16)13-8-9-5-4-6-17-9/h4-6,8H,3,7H2,1-2H3/b13-8+. The van der Waals surface area contributed by atoms with Gasteiger partial charge in [-0.2, -0.15) is 10.1 Å². The van der Waals surface area contributed by atoms with E-state index in [0.717, 1.165) is 9.89 Å². The summed E-state index contributed by atoms with van der Waals surface area (Å²) in [5, 5.41) is 6.92. The molecule has 1 atom stereocenters. The lowest BCUT2D eigenvalue weighted by Crippen LogP contribution is -2.30. The van der Waals surface area contributed by atoms with Crippen LogP contribution in [0.5, 0.6) is 0 Å². The van der Waals surface area contributed by atoms with Crippen molar-refractivity contribution >= 4 is 29.4 Å². The summed E-state index contributed by atoms with van der Waals surface area (Å²) in [4.78, 5) is 24.7. The maximum Gasteiger partial charge on any atom is 0.256 e. The number of rotatable bonds is 3. The first-order chi connectivity index (χ1) is 8.07. The van der Waals surface area contributed by atoms with Crippen LogP contribution in [-0.4, -0.2) is 23.0 Å². The van der Waals surface area contributed by atoms with Gasteiger partial charge in [-0.05, 0) is 17.9 Å². The molecule has 4 nitrogen and oxygen atoms in total. The fraction of sp³-hybridized carbons (Fsp3) is 0.417. The van der Waals surface area contributed by atoms with Crippen molar-refractivity contribution in [2.24, 2.45) is 10.5 Å². The number of hydrogen-bond acceptors (Lipinski definition) is 4. The summed E-state index contributed by atoms with van der Waals surface area (Å²) >= 11 is 1.52. The van der Waals surface area contributed by atoms with Crippen LogP contribution in [0.1, 0.15) is 31.6 Å². The van der Waals surface area contributed by atoms with Gasteiger partial charge in [-0.3, -0.25) is 9.59 Å². The molecular weight excluding hydrogens is 236 g/mol. The van der Waals surface area contributed by atoms with Crippen molar-refractivity contribution in [3.05, 3.63) is 22.4 Å². The molecular formula is C12H14N2O2S. The van der Waals surface area contributed by atoms with Crippen molar-refractivity contribution in [2.45, 2.75) is 26.7 Å². The van der Waals surface area contributed by atoms with Gasteiger partial charge >= 0.3 is 0 Å². The fourth-order valence-corrected chi connectivity index (χ4v) is 2.31. The molecule has 1 unspecified atom stereocenters.